The van der Waals surface area contributed by atoms with Gasteiger partial charge in [0.2, 0.25) is 5.12 Å². The minimum absolute atomic E-state index is 0.0498. The average molecular weight is 267 g/mol. The Balaban J connectivity index is 1.96. The minimum atomic E-state index is -0.0498. The van der Waals surface area contributed by atoms with Crippen molar-refractivity contribution < 1.29 is 4.79 Å². The van der Waals surface area contributed by atoms with Crippen molar-refractivity contribution in [3.05, 3.63) is 60.7 Å². The Bertz CT molecular complexity index is 726. The molecule has 4 nitrogen and oxygen atoms in total. The van der Waals surface area contributed by atoms with E-state index in [1.165, 1.54) is 6.33 Å². The standard InChI is InChI=1S/C14H9N3OS/c18-14(10-5-7-15-8-6-10)19-13-11-3-1-2-4-12(11)16-9-17-13/h1-9H. The fourth-order valence-electron chi connectivity index (χ4n) is 1.70. The third-order valence-corrected chi connectivity index (χ3v) is 3.55. The molecule has 92 valence electrons. The summed E-state index contributed by atoms with van der Waals surface area (Å²) in [5.74, 6) is 0. The molecule has 0 spiro atoms. The number of rotatable bonds is 2. The number of thioether (sulfide) groups is 1. The molecule has 0 aliphatic rings. The van der Waals surface area contributed by atoms with Gasteiger partial charge in [-0.15, -0.1) is 0 Å². The molecule has 0 radical (unpaired) electrons. The van der Waals surface area contributed by atoms with Crippen LogP contribution in [0.2, 0.25) is 0 Å². The maximum atomic E-state index is 12.1. The number of hydrogen-bond acceptors (Lipinski definition) is 5. The van der Waals surface area contributed by atoms with Gasteiger partial charge in [0.1, 0.15) is 11.4 Å². The maximum absolute atomic E-state index is 12.1. The quantitative estimate of drug-likeness (QED) is 0.528. The van der Waals surface area contributed by atoms with Crippen LogP contribution >= 0.6 is 11.8 Å². The van der Waals surface area contributed by atoms with Crippen LogP contribution in [0.15, 0.2) is 60.1 Å². The summed E-state index contributed by atoms with van der Waals surface area (Å²) < 4.78 is 0. The molecule has 0 atom stereocenters. The van der Waals surface area contributed by atoms with Gasteiger partial charge in [0.25, 0.3) is 0 Å². The first kappa shape index (κ1) is 11.8. The Hall–Kier alpha value is -2.27. The van der Waals surface area contributed by atoms with Crippen molar-refractivity contribution in [3.63, 3.8) is 0 Å². The lowest BCUT2D eigenvalue weighted by molar-refractivity contribution is 0.108. The van der Waals surface area contributed by atoms with Crippen LogP contribution in [0.3, 0.4) is 0 Å². The molecule has 2 aromatic heterocycles. The Morgan fingerprint density at radius 1 is 1.00 bits per heavy atom. The molecule has 2 heterocycles. The fraction of sp³-hybridized carbons (Fsp3) is 0. The lowest BCUT2D eigenvalue weighted by Crippen LogP contribution is -1.95. The van der Waals surface area contributed by atoms with E-state index in [0.29, 0.717) is 10.6 Å². The Kier molecular flexibility index (Phi) is 3.20. The van der Waals surface area contributed by atoms with Gasteiger partial charge in [-0.2, -0.15) is 0 Å². The van der Waals surface area contributed by atoms with E-state index in [1.54, 1.807) is 24.5 Å². The lowest BCUT2D eigenvalue weighted by atomic mass is 10.2. The monoisotopic (exact) mass is 267 g/mol. The Morgan fingerprint density at radius 2 is 1.79 bits per heavy atom. The van der Waals surface area contributed by atoms with Crippen molar-refractivity contribution in [2.45, 2.75) is 5.03 Å². The van der Waals surface area contributed by atoms with E-state index in [2.05, 4.69) is 15.0 Å². The van der Waals surface area contributed by atoms with Gasteiger partial charge in [-0.05, 0) is 30.0 Å². The Labute approximate surface area is 113 Å². The molecule has 0 aliphatic heterocycles. The van der Waals surface area contributed by atoms with E-state index in [4.69, 9.17) is 0 Å². The third-order valence-electron chi connectivity index (χ3n) is 2.61. The molecule has 0 aliphatic carbocycles. The molecule has 0 saturated heterocycles. The molecule has 19 heavy (non-hydrogen) atoms. The van der Waals surface area contributed by atoms with Crippen LogP contribution in [-0.4, -0.2) is 20.1 Å². The molecule has 0 bridgehead atoms. The topological polar surface area (TPSA) is 55.7 Å². The van der Waals surface area contributed by atoms with Crippen molar-refractivity contribution >= 4 is 27.8 Å². The van der Waals surface area contributed by atoms with Crippen molar-refractivity contribution in [2.24, 2.45) is 0 Å². The molecule has 0 N–H and O–H groups in total. The summed E-state index contributed by atoms with van der Waals surface area (Å²) in [4.78, 5) is 24.4. The van der Waals surface area contributed by atoms with E-state index in [9.17, 15) is 4.79 Å². The number of hydrogen-bond donors (Lipinski definition) is 0. The second-order valence-electron chi connectivity index (χ2n) is 3.82. The van der Waals surface area contributed by atoms with E-state index in [-0.39, 0.29) is 5.12 Å². The lowest BCUT2D eigenvalue weighted by Gasteiger charge is -2.03. The first-order valence-corrected chi connectivity index (χ1v) is 6.48. The second-order valence-corrected chi connectivity index (χ2v) is 4.78. The van der Waals surface area contributed by atoms with Crippen LogP contribution in [0.4, 0.5) is 0 Å². The van der Waals surface area contributed by atoms with Crippen molar-refractivity contribution in [3.8, 4) is 0 Å². The van der Waals surface area contributed by atoms with E-state index in [0.717, 1.165) is 22.7 Å². The molecule has 3 aromatic rings. The predicted molar refractivity (Wildman–Crippen MR) is 74.0 cm³/mol. The van der Waals surface area contributed by atoms with Crippen molar-refractivity contribution in [2.75, 3.05) is 0 Å². The Morgan fingerprint density at radius 3 is 2.63 bits per heavy atom. The molecular formula is C14H9N3OS. The number of benzene rings is 1. The number of aromatic nitrogens is 3. The zero-order valence-corrected chi connectivity index (χ0v) is 10.7. The molecule has 5 heteroatoms. The van der Waals surface area contributed by atoms with Crippen LogP contribution in [0.1, 0.15) is 10.4 Å². The van der Waals surface area contributed by atoms with Gasteiger partial charge in [0, 0.05) is 23.3 Å². The molecule has 1 aromatic carbocycles. The molecule has 0 fully saturated rings. The normalized spacial score (nSPS) is 10.5. The highest BCUT2D eigenvalue weighted by molar-refractivity contribution is 8.14. The summed E-state index contributed by atoms with van der Waals surface area (Å²) in [5.41, 5.74) is 1.45. The highest BCUT2D eigenvalue weighted by Gasteiger charge is 2.11. The zero-order valence-electron chi connectivity index (χ0n) is 9.85. The predicted octanol–water partition coefficient (Wildman–Crippen LogP) is 2.96. The first-order chi connectivity index (χ1) is 9.34. The minimum Gasteiger partial charge on any atom is -0.281 e. The van der Waals surface area contributed by atoms with E-state index in [1.807, 2.05) is 24.3 Å². The van der Waals surface area contributed by atoms with Gasteiger partial charge in [-0.1, -0.05) is 18.2 Å². The maximum Gasteiger partial charge on any atom is 0.225 e. The molecule has 3 rings (SSSR count). The average Bonchev–Trinajstić information content (AvgIpc) is 2.48. The summed E-state index contributed by atoms with van der Waals surface area (Å²) >= 11 is 1.11. The van der Waals surface area contributed by atoms with Gasteiger partial charge < -0.3 is 0 Å². The first-order valence-electron chi connectivity index (χ1n) is 5.66. The zero-order chi connectivity index (χ0) is 13.1. The number of carbonyl (C=O) groups excluding carboxylic acids is 1. The number of fused-ring (bicyclic) bond motifs is 1. The third kappa shape index (κ3) is 2.46. The van der Waals surface area contributed by atoms with Gasteiger partial charge in [0.05, 0.1) is 5.52 Å². The summed E-state index contributed by atoms with van der Waals surface area (Å²) in [7, 11) is 0. The molecular weight excluding hydrogens is 258 g/mol. The SMILES string of the molecule is O=C(Sc1ncnc2ccccc12)c1ccncc1. The van der Waals surface area contributed by atoms with Gasteiger partial charge in [-0.3, -0.25) is 9.78 Å². The fourth-order valence-corrected chi connectivity index (χ4v) is 2.51. The number of para-hydroxylation sites is 1. The van der Waals surface area contributed by atoms with Crippen LogP contribution in [0.25, 0.3) is 10.9 Å². The van der Waals surface area contributed by atoms with Crippen LogP contribution in [0, 0.1) is 0 Å². The summed E-state index contributed by atoms with van der Waals surface area (Å²) in [6.07, 6.45) is 4.68. The van der Waals surface area contributed by atoms with Crippen molar-refractivity contribution in [1.29, 1.82) is 0 Å². The largest absolute Gasteiger partial charge is 0.281 e. The van der Waals surface area contributed by atoms with Gasteiger partial charge >= 0.3 is 0 Å². The molecule has 0 amide bonds. The van der Waals surface area contributed by atoms with Gasteiger partial charge in [-0.25, -0.2) is 9.97 Å². The van der Waals surface area contributed by atoms with Gasteiger partial charge in [0.15, 0.2) is 0 Å². The van der Waals surface area contributed by atoms with Crippen LogP contribution in [0.5, 0.6) is 0 Å². The smallest absolute Gasteiger partial charge is 0.225 e. The highest BCUT2D eigenvalue weighted by Crippen LogP contribution is 2.26. The summed E-state index contributed by atoms with van der Waals surface area (Å²) in [6, 6.07) is 11.0. The van der Waals surface area contributed by atoms with Crippen molar-refractivity contribution in [1.82, 2.24) is 15.0 Å². The van der Waals surface area contributed by atoms with E-state index < -0.39 is 0 Å². The number of nitrogens with zero attached hydrogens (tertiary/aromatic N) is 3. The summed E-state index contributed by atoms with van der Waals surface area (Å²) in [5, 5.41) is 1.51. The molecule has 0 saturated carbocycles. The second kappa shape index (κ2) is 5.16. The highest BCUT2D eigenvalue weighted by atomic mass is 32.2. The van der Waals surface area contributed by atoms with Crippen LogP contribution < -0.4 is 0 Å². The summed E-state index contributed by atoms with van der Waals surface area (Å²) in [6.45, 7) is 0. The van der Waals surface area contributed by atoms with E-state index >= 15 is 0 Å². The number of carbonyl (C=O) groups is 1. The molecule has 0 unspecified atom stereocenters. The van der Waals surface area contributed by atoms with Crippen LogP contribution in [-0.2, 0) is 0 Å². The number of pyridine rings is 1.